The zero-order valence-corrected chi connectivity index (χ0v) is 13.6. The van der Waals surface area contributed by atoms with Crippen LogP contribution >= 0.6 is 0 Å². The minimum absolute atomic E-state index is 0.300. The second-order valence-corrected chi connectivity index (χ2v) is 19.2. The van der Waals surface area contributed by atoms with Gasteiger partial charge < -0.3 is 0 Å². The first-order valence-electron chi connectivity index (χ1n) is 5.33. The van der Waals surface area contributed by atoms with Gasteiger partial charge in [-0.3, -0.25) is 0 Å². The maximum absolute atomic E-state index is 2.76. The molecule has 0 aromatic carbocycles. The van der Waals surface area contributed by atoms with Gasteiger partial charge in [0.05, 0.1) is 0 Å². The standard InChI is InChI=1S/C9H14N.C2H7Si.Zr/c1-9(2,3)10-8-6-4-5-7-8;1-3-2;/h4-6H,7H2,1-3H3;3H,1-2H3;/q-1;;+1. The van der Waals surface area contributed by atoms with Gasteiger partial charge in [-0.25, -0.2) is 0 Å². The van der Waals surface area contributed by atoms with Crippen molar-refractivity contribution in [3.8, 4) is 0 Å². The van der Waals surface area contributed by atoms with Gasteiger partial charge in [0.2, 0.25) is 0 Å². The first-order valence-corrected chi connectivity index (χ1v) is 13.6. The van der Waals surface area contributed by atoms with E-state index >= 15 is 0 Å². The molecule has 0 aromatic heterocycles. The molecule has 0 bridgehead atoms. The van der Waals surface area contributed by atoms with E-state index < -0.39 is 0 Å². The van der Waals surface area contributed by atoms with Gasteiger partial charge in [-0.1, -0.05) is 0 Å². The number of hydrogen-bond acceptors (Lipinski definition) is 1. The summed E-state index contributed by atoms with van der Waals surface area (Å²) in [5.74, 6) is -0.357. The van der Waals surface area contributed by atoms with Crippen LogP contribution < -0.4 is 0 Å². The summed E-state index contributed by atoms with van der Waals surface area (Å²) in [7, 11) is 0. The Labute approximate surface area is 101 Å². The van der Waals surface area contributed by atoms with Crippen molar-refractivity contribution < 1.29 is 22.7 Å². The molecule has 0 aliphatic heterocycles. The van der Waals surface area contributed by atoms with Crippen LogP contribution in [0.2, 0.25) is 13.1 Å². The van der Waals surface area contributed by atoms with E-state index in [0.717, 1.165) is 0 Å². The van der Waals surface area contributed by atoms with E-state index in [4.69, 9.17) is 0 Å². The van der Waals surface area contributed by atoms with Crippen LogP contribution in [-0.4, -0.2) is 14.3 Å². The fourth-order valence-electron chi connectivity index (χ4n) is 1.57. The van der Waals surface area contributed by atoms with Crippen LogP contribution in [0, 0.1) is 0 Å². The predicted molar refractivity (Wildman–Crippen MR) is 62.3 cm³/mol. The SMILES string of the molecule is C[SiH](C)[Zr][N](C1=CC=CC1)C(C)(C)C. The molecule has 0 saturated carbocycles. The van der Waals surface area contributed by atoms with Crippen molar-refractivity contribution in [3.63, 3.8) is 0 Å². The van der Waals surface area contributed by atoms with E-state index in [-0.39, 0.29) is 28.6 Å². The van der Waals surface area contributed by atoms with E-state index in [1.165, 1.54) is 6.42 Å². The third-order valence-electron chi connectivity index (χ3n) is 2.10. The number of rotatable bonds is 3. The molecular weight excluding hydrogens is 265 g/mol. The molecule has 14 heavy (non-hydrogen) atoms. The van der Waals surface area contributed by atoms with E-state index in [2.05, 4.69) is 54.9 Å². The Morgan fingerprint density at radius 2 is 2.00 bits per heavy atom. The molecule has 1 aliphatic carbocycles. The van der Waals surface area contributed by atoms with E-state index in [1.54, 1.807) is 5.70 Å². The summed E-state index contributed by atoms with van der Waals surface area (Å²) in [4.78, 5) is 0. The molecular formula is C11H21NSiZr. The molecule has 0 N–H and O–H groups in total. The normalized spacial score (nSPS) is 16.0. The van der Waals surface area contributed by atoms with Crippen molar-refractivity contribution in [2.45, 2.75) is 45.8 Å². The molecule has 1 nitrogen and oxygen atoms in total. The Kier molecular flexibility index (Phi) is 4.39. The van der Waals surface area contributed by atoms with Crippen molar-refractivity contribution in [1.82, 2.24) is 2.84 Å². The van der Waals surface area contributed by atoms with Crippen LogP contribution in [0.4, 0.5) is 0 Å². The van der Waals surface area contributed by atoms with Gasteiger partial charge in [-0.2, -0.15) is 0 Å². The van der Waals surface area contributed by atoms with Gasteiger partial charge in [-0.05, 0) is 0 Å². The summed E-state index contributed by atoms with van der Waals surface area (Å²) in [6.07, 6.45) is 7.95. The number of hydrogen-bond donors (Lipinski definition) is 0. The molecule has 1 rings (SSSR count). The van der Waals surface area contributed by atoms with Crippen molar-refractivity contribution in [2.75, 3.05) is 0 Å². The predicted octanol–water partition coefficient (Wildman–Crippen LogP) is 2.91. The topological polar surface area (TPSA) is 3.24 Å². The average Bonchev–Trinajstić information content (AvgIpc) is 2.49. The summed E-state index contributed by atoms with van der Waals surface area (Å²) in [5, 5.41) is 0. The van der Waals surface area contributed by atoms with Gasteiger partial charge in [0.1, 0.15) is 0 Å². The van der Waals surface area contributed by atoms with E-state index in [9.17, 15) is 0 Å². The molecule has 0 fully saturated rings. The van der Waals surface area contributed by atoms with Crippen molar-refractivity contribution >= 4 is 5.92 Å². The minimum atomic E-state index is -0.357. The second kappa shape index (κ2) is 4.94. The quantitative estimate of drug-likeness (QED) is 0.721. The van der Waals surface area contributed by atoms with Gasteiger partial charge in [-0.15, -0.1) is 0 Å². The van der Waals surface area contributed by atoms with Gasteiger partial charge in [0.15, 0.2) is 0 Å². The number of allylic oxidation sites excluding steroid dienone is 3. The zero-order valence-electron chi connectivity index (χ0n) is 9.96. The first-order chi connectivity index (χ1) is 6.41. The van der Waals surface area contributed by atoms with Crippen molar-refractivity contribution in [1.29, 1.82) is 0 Å². The Morgan fingerprint density at radius 1 is 1.36 bits per heavy atom. The molecule has 0 spiro atoms. The summed E-state index contributed by atoms with van der Waals surface area (Å²) >= 11 is -0.300. The molecule has 0 unspecified atom stereocenters. The van der Waals surface area contributed by atoms with Gasteiger partial charge in [0.25, 0.3) is 0 Å². The third kappa shape index (κ3) is 3.51. The zero-order chi connectivity index (χ0) is 10.8. The van der Waals surface area contributed by atoms with E-state index in [0.29, 0.717) is 5.54 Å². The molecule has 0 aromatic rings. The summed E-state index contributed by atoms with van der Waals surface area (Å²) in [6.45, 7) is 12.0. The van der Waals surface area contributed by atoms with Crippen LogP contribution in [0.5, 0.6) is 0 Å². The van der Waals surface area contributed by atoms with Gasteiger partial charge >= 0.3 is 101 Å². The van der Waals surface area contributed by atoms with Crippen LogP contribution in [-0.2, 0) is 22.7 Å². The summed E-state index contributed by atoms with van der Waals surface area (Å²) < 4.78 is 2.76. The first kappa shape index (κ1) is 12.4. The summed E-state index contributed by atoms with van der Waals surface area (Å²) in [5.41, 5.74) is 1.92. The Morgan fingerprint density at radius 3 is 2.36 bits per heavy atom. The van der Waals surface area contributed by atoms with Crippen molar-refractivity contribution in [3.05, 3.63) is 23.9 Å². The van der Waals surface area contributed by atoms with Crippen LogP contribution in [0.25, 0.3) is 0 Å². The fraction of sp³-hybridized carbons (Fsp3) is 0.636. The van der Waals surface area contributed by atoms with Crippen LogP contribution in [0.1, 0.15) is 27.2 Å². The third-order valence-corrected chi connectivity index (χ3v) is 10.9. The second-order valence-electron chi connectivity index (χ2n) is 5.08. The molecule has 78 valence electrons. The Bertz CT molecular complexity index is 251. The van der Waals surface area contributed by atoms with Gasteiger partial charge in [0, 0.05) is 0 Å². The fourth-order valence-corrected chi connectivity index (χ4v) is 10.9. The molecule has 1 aliphatic rings. The Hall–Kier alpha value is 0.380. The molecule has 0 saturated heterocycles. The van der Waals surface area contributed by atoms with Crippen LogP contribution in [0.15, 0.2) is 23.9 Å². The monoisotopic (exact) mass is 285 g/mol. The Balaban J connectivity index is 2.72. The molecule has 0 heterocycles. The van der Waals surface area contributed by atoms with Crippen molar-refractivity contribution in [2.24, 2.45) is 0 Å². The molecule has 0 radical (unpaired) electrons. The van der Waals surface area contributed by atoms with Crippen LogP contribution in [0.3, 0.4) is 0 Å². The van der Waals surface area contributed by atoms with E-state index in [1.807, 2.05) is 0 Å². The number of nitrogens with zero attached hydrogens (tertiary/aromatic N) is 1. The maximum atomic E-state index is 2.76. The molecule has 0 atom stereocenters. The molecule has 0 amide bonds. The summed E-state index contributed by atoms with van der Waals surface area (Å²) in [6, 6.07) is 0. The average molecular weight is 287 g/mol. The molecule has 3 heteroatoms.